The lowest BCUT2D eigenvalue weighted by molar-refractivity contribution is 0.0932. The van der Waals surface area contributed by atoms with E-state index in [0.717, 1.165) is 0 Å². The summed E-state index contributed by atoms with van der Waals surface area (Å²) < 4.78 is 1.74. The third-order valence-electron chi connectivity index (χ3n) is 2.56. The first kappa shape index (κ1) is 12.3. The zero-order valence-electron chi connectivity index (χ0n) is 10.6. The molecule has 1 atom stereocenters. The van der Waals surface area contributed by atoms with E-state index in [1.807, 2.05) is 20.8 Å². The molecule has 2 heterocycles. The Morgan fingerprint density at radius 2 is 2.22 bits per heavy atom. The van der Waals surface area contributed by atoms with Gasteiger partial charge in [0.2, 0.25) is 0 Å². The van der Waals surface area contributed by atoms with Crippen molar-refractivity contribution in [3.8, 4) is 0 Å². The van der Waals surface area contributed by atoms with Crippen LogP contribution in [0.3, 0.4) is 0 Å². The normalized spacial score (nSPS) is 12.7. The Hall–Kier alpha value is -2.18. The third kappa shape index (κ3) is 2.55. The van der Waals surface area contributed by atoms with Gasteiger partial charge in [-0.05, 0) is 26.8 Å². The van der Waals surface area contributed by atoms with Crippen LogP contribution in [-0.2, 0) is 0 Å². The summed E-state index contributed by atoms with van der Waals surface area (Å²) in [5, 5.41) is 13.5. The highest BCUT2D eigenvalue weighted by atomic mass is 16.2. The lowest BCUT2D eigenvalue weighted by atomic mass is 10.3. The van der Waals surface area contributed by atoms with Crippen LogP contribution < -0.4 is 5.32 Å². The Labute approximate surface area is 105 Å². The molecule has 0 aliphatic carbocycles. The molecule has 0 bridgehead atoms. The zero-order chi connectivity index (χ0) is 13.1. The minimum atomic E-state index is -0.232. The first-order valence-electron chi connectivity index (χ1n) is 5.79. The van der Waals surface area contributed by atoms with Crippen LogP contribution in [0.2, 0.25) is 0 Å². The maximum atomic E-state index is 11.9. The number of carbonyl (C=O) groups is 1. The Morgan fingerprint density at radius 3 is 2.78 bits per heavy atom. The molecular weight excluding hydrogens is 232 g/mol. The maximum absolute atomic E-state index is 11.9. The number of H-pyrrole nitrogens is 1. The van der Waals surface area contributed by atoms with Crippen molar-refractivity contribution in [1.29, 1.82) is 0 Å². The fourth-order valence-corrected chi connectivity index (χ4v) is 1.51. The smallest absolute Gasteiger partial charge is 0.272 e. The van der Waals surface area contributed by atoms with Gasteiger partial charge in [-0.3, -0.25) is 14.6 Å². The van der Waals surface area contributed by atoms with E-state index in [-0.39, 0.29) is 18.0 Å². The van der Waals surface area contributed by atoms with Crippen molar-refractivity contribution in [3.63, 3.8) is 0 Å². The van der Waals surface area contributed by atoms with Gasteiger partial charge in [-0.2, -0.15) is 10.2 Å². The summed E-state index contributed by atoms with van der Waals surface area (Å²) in [6, 6.07) is 1.70. The molecule has 0 aliphatic rings. The van der Waals surface area contributed by atoms with Gasteiger partial charge in [-0.15, -0.1) is 0 Å². The predicted octanol–water partition coefficient (Wildman–Crippen LogP) is 1.07. The van der Waals surface area contributed by atoms with Crippen LogP contribution in [0.1, 0.15) is 49.2 Å². The Bertz CT molecular complexity index is 515. The van der Waals surface area contributed by atoms with E-state index in [1.54, 1.807) is 16.9 Å². The topological polar surface area (TPSA) is 88.5 Å². The van der Waals surface area contributed by atoms with Crippen LogP contribution >= 0.6 is 0 Å². The molecule has 2 aromatic heterocycles. The molecule has 7 heteroatoms. The summed E-state index contributed by atoms with van der Waals surface area (Å²) >= 11 is 0. The van der Waals surface area contributed by atoms with Crippen molar-refractivity contribution in [2.24, 2.45) is 0 Å². The van der Waals surface area contributed by atoms with Gasteiger partial charge in [0.15, 0.2) is 0 Å². The molecule has 7 nitrogen and oxygen atoms in total. The molecule has 0 aliphatic heterocycles. The van der Waals surface area contributed by atoms with Crippen molar-refractivity contribution < 1.29 is 4.79 Å². The number of hydrogen-bond donors (Lipinski definition) is 2. The maximum Gasteiger partial charge on any atom is 0.272 e. The lowest BCUT2D eigenvalue weighted by Crippen LogP contribution is -2.28. The highest BCUT2D eigenvalue weighted by Crippen LogP contribution is 2.08. The van der Waals surface area contributed by atoms with Gasteiger partial charge in [0.05, 0.1) is 6.04 Å². The molecular formula is C11H16N6O. The second-order valence-corrected chi connectivity index (χ2v) is 4.34. The number of aromatic nitrogens is 5. The molecule has 1 unspecified atom stereocenters. The molecule has 2 aromatic rings. The molecule has 0 radical (unpaired) electrons. The molecule has 18 heavy (non-hydrogen) atoms. The minimum Gasteiger partial charge on any atom is -0.341 e. The van der Waals surface area contributed by atoms with Crippen LogP contribution in [0.25, 0.3) is 0 Å². The molecule has 0 aromatic carbocycles. The molecule has 0 saturated heterocycles. The number of carbonyl (C=O) groups excluding carboxylic acids is 1. The van der Waals surface area contributed by atoms with Gasteiger partial charge in [-0.25, -0.2) is 4.98 Å². The van der Waals surface area contributed by atoms with E-state index in [2.05, 4.69) is 25.6 Å². The monoisotopic (exact) mass is 248 g/mol. The van der Waals surface area contributed by atoms with E-state index < -0.39 is 0 Å². The number of nitrogens with one attached hydrogen (secondary N) is 2. The first-order valence-corrected chi connectivity index (χ1v) is 5.79. The summed E-state index contributed by atoms with van der Waals surface area (Å²) in [6.45, 7) is 5.84. The van der Waals surface area contributed by atoms with Crippen molar-refractivity contribution in [2.75, 3.05) is 0 Å². The SMILES string of the molecule is CC(NC(=O)c1ccn(C(C)C)n1)c1ncn[nH]1. The second kappa shape index (κ2) is 4.99. The van der Waals surface area contributed by atoms with Crippen LogP contribution in [-0.4, -0.2) is 30.9 Å². The minimum absolute atomic E-state index is 0.224. The third-order valence-corrected chi connectivity index (χ3v) is 2.56. The van der Waals surface area contributed by atoms with Crippen molar-refractivity contribution in [1.82, 2.24) is 30.3 Å². The molecule has 0 saturated carbocycles. The quantitative estimate of drug-likeness (QED) is 0.847. The van der Waals surface area contributed by atoms with Gasteiger partial charge in [0.25, 0.3) is 5.91 Å². The average Bonchev–Trinajstić information content (AvgIpc) is 3.00. The number of hydrogen-bond acceptors (Lipinski definition) is 4. The van der Waals surface area contributed by atoms with E-state index >= 15 is 0 Å². The highest BCUT2D eigenvalue weighted by molar-refractivity contribution is 5.92. The van der Waals surface area contributed by atoms with Crippen LogP contribution in [0, 0.1) is 0 Å². The molecule has 0 spiro atoms. The Morgan fingerprint density at radius 1 is 1.44 bits per heavy atom. The number of nitrogens with zero attached hydrogens (tertiary/aromatic N) is 4. The first-order chi connectivity index (χ1) is 8.58. The van der Waals surface area contributed by atoms with Gasteiger partial charge < -0.3 is 5.32 Å². The standard InChI is InChI=1S/C11H16N6O/c1-7(2)17-5-4-9(16-17)11(18)14-8(3)10-12-6-13-15-10/h4-8H,1-3H3,(H,14,18)(H,12,13,15). The molecule has 96 valence electrons. The molecule has 2 rings (SSSR count). The number of aromatic amines is 1. The van der Waals surface area contributed by atoms with Crippen molar-refractivity contribution >= 4 is 5.91 Å². The summed E-state index contributed by atoms with van der Waals surface area (Å²) in [5.41, 5.74) is 0.398. The van der Waals surface area contributed by atoms with Gasteiger partial charge in [0, 0.05) is 12.2 Å². The fourth-order valence-electron chi connectivity index (χ4n) is 1.51. The summed E-state index contributed by atoms with van der Waals surface area (Å²) in [5.74, 6) is 0.393. The largest absolute Gasteiger partial charge is 0.341 e. The van der Waals surface area contributed by atoms with E-state index in [9.17, 15) is 4.79 Å². The van der Waals surface area contributed by atoms with Gasteiger partial charge in [0.1, 0.15) is 17.8 Å². The second-order valence-electron chi connectivity index (χ2n) is 4.34. The zero-order valence-corrected chi connectivity index (χ0v) is 10.6. The van der Waals surface area contributed by atoms with Crippen molar-refractivity contribution in [2.45, 2.75) is 32.9 Å². The predicted molar refractivity (Wildman–Crippen MR) is 64.9 cm³/mol. The average molecular weight is 248 g/mol. The van der Waals surface area contributed by atoms with E-state index in [0.29, 0.717) is 11.5 Å². The number of amides is 1. The Balaban J connectivity index is 2.03. The van der Waals surface area contributed by atoms with Crippen molar-refractivity contribution in [3.05, 3.63) is 30.1 Å². The molecule has 0 fully saturated rings. The van der Waals surface area contributed by atoms with E-state index in [1.165, 1.54) is 6.33 Å². The summed E-state index contributed by atoms with van der Waals surface area (Å²) in [4.78, 5) is 15.9. The Kier molecular flexibility index (Phi) is 3.40. The van der Waals surface area contributed by atoms with Crippen LogP contribution in [0.4, 0.5) is 0 Å². The lowest BCUT2D eigenvalue weighted by Gasteiger charge is -2.09. The molecule has 1 amide bonds. The van der Waals surface area contributed by atoms with Gasteiger partial charge in [-0.1, -0.05) is 0 Å². The number of rotatable bonds is 4. The van der Waals surface area contributed by atoms with E-state index in [4.69, 9.17) is 0 Å². The highest BCUT2D eigenvalue weighted by Gasteiger charge is 2.15. The summed E-state index contributed by atoms with van der Waals surface area (Å²) in [7, 11) is 0. The van der Waals surface area contributed by atoms with Crippen LogP contribution in [0.5, 0.6) is 0 Å². The molecule has 2 N–H and O–H groups in total. The fraction of sp³-hybridized carbons (Fsp3) is 0.455. The van der Waals surface area contributed by atoms with Gasteiger partial charge >= 0.3 is 0 Å². The summed E-state index contributed by atoms with van der Waals surface area (Å²) in [6.07, 6.45) is 3.20. The van der Waals surface area contributed by atoms with Crippen LogP contribution in [0.15, 0.2) is 18.6 Å².